The van der Waals surface area contributed by atoms with Gasteiger partial charge in [-0.05, 0) is 116 Å². The molecule has 4 fully saturated rings. The lowest BCUT2D eigenvalue weighted by atomic mass is 9.43. The molecule has 4 aliphatic carbocycles. The number of aliphatic hydroxyl groups is 2. The number of hydrogen-bond donors (Lipinski definition) is 3. The topological polar surface area (TPSA) is 82.5 Å². The lowest BCUT2D eigenvalue weighted by Crippen LogP contribution is -2.58. The van der Waals surface area contributed by atoms with Gasteiger partial charge in [-0.15, -0.1) is 0 Å². The zero-order valence-electron chi connectivity index (χ0n) is 22.0. The summed E-state index contributed by atoms with van der Waals surface area (Å²) in [5, 5.41) is 25.0. The van der Waals surface area contributed by atoms with Crippen molar-refractivity contribution in [2.45, 2.75) is 104 Å². The maximum atomic E-state index is 12.5. The van der Waals surface area contributed by atoms with E-state index in [0.29, 0.717) is 48.5 Å². The van der Waals surface area contributed by atoms with Crippen LogP contribution >= 0.6 is 0 Å². The molecule has 35 heavy (non-hydrogen) atoms. The van der Waals surface area contributed by atoms with E-state index in [9.17, 15) is 15.0 Å². The number of aliphatic hydroxyl groups excluding tert-OH is 2. The van der Waals surface area contributed by atoms with Crippen LogP contribution in [0.1, 0.15) is 90.5 Å². The zero-order chi connectivity index (χ0) is 24.8. The summed E-state index contributed by atoms with van der Waals surface area (Å²) < 4.78 is 0. The SMILES string of the molecule is CC(CCC(=O)NCc1cccnc1)C1CCC2C3CCC4CC(O)CCC4(C)C3CC(O)C12C. The van der Waals surface area contributed by atoms with Gasteiger partial charge >= 0.3 is 0 Å². The van der Waals surface area contributed by atoms with Gasteiger partial charge in [0.1, 0.15) is 0 Å². The third-order valence-electron chi connectivity index (χ3n) is 11.5. The number of amides is 1. The molecule has 0 saturated heterocycles. The summed E-state index contributed by atoms with van der Waals surface area (Å²) in [4.78, 5) is 16.7. The van der Waals surface area contributed by atoms with Crippen molar-refractivity contribution < 1.29 is 15.0 Å². The van der Waals surface area contributed by atoms with Crippen LogP contribution in [0.3, 0.4) is 0 Å². The number of aromatic nitrogens is 1. The first-order chi connectivity index (χ1) is 16.7. The second-order valence-corrected chi connectivity index (χ2v) is 13.0. The van der Waals surface area contributed by atoms with Crippen LogP contribution in [0, 0.1) is 46.3 Å². The highest BCUT2D eigenvalue weighted by molar-refractivity contribution is 5.75. The number of nitrogens with zero attached hydrogens (tertiary/aromatic N) is 1. The average Bonchev–Trinajstić information content (AvgIpc) is 3.22. The Morgan fingerprint density at radius 1 is 1.14 bits per heavy atom. The smallest absolute Gasteiger partial charge is 0.220 e. The molecule has 10 unspecified atom stereocenters. The number of fused-ring (bicyclic) bond motifs is 5. The van der Waals surface area contributed by atoms with E-state index >= 15 is 0 Å². The lowest BCUT2D eigenvalue weighted by Gasteiger charge is -2.62. The van der Waals surface area contributed by atoms with Crippen molar-refractivity contribution in [1.82, 2.24) is 10.3 Å². The Morgan fingerprint density at radius 2 is 1.97 bits per heavy atom. The molecule has 1 aromatic rings. The highest BCUT2D eigenvalue weighted by Crippen LogP contribution is 2.68. The van der Waals surface area contributed by atoms with Crippen LogP contribution in [0.25, 0.3) is 0 Å². The summed E-state index contributed by atoms with van der Waals surface area (Å²) in [7, 11) is 0. The molecule has 4 saturated carbocycles. The largest absolute Gasteiger partial charge is 0.393 e. The molecule has 5 rings (SSSR count). The van der Waals surface area contributed by atoms with Gasteiger partial charge < -0.3 is 15.5 Å². The van der Waals surface area contributed by atoms with E-state index < -0.39 is 0 Å². The van der Waals surface area contributed by atoms with Gasteiger partial charge in [-0.1, -0.05) is 26.8 Å². The summed E-state index contributed by atoms with van der Waals surface area (Å²) in [6, 6.07) is 3.88. The van der Waals surface area contributed by atoms with Gasteiger partial charge in [0.25, 0.3) is 0 Å². The van der Waals surface area contributed by atoms with Crippen LogP contribution in [-0.2, 0) is 11.3 Å². The van der Waals surface area contributed by atoms with Gasteiger partial charge in [-0.25, -0.2) is 0 Å². The van der Waals surface area contributed by atoms with Crippen LogP contribution in [0.4, 0.5) is 0 Å². The van der Waals surface area contributed by atoms with Crippen molar-refractivity contribution in [3.63, 3.8) is 0 Å². The molecule has 1 heterocycles. The molecule has 0 radical (unpaired) electrons. The minimum Gasteiger partial charge on any atom is -0.393 e. The van der Waals surface area contributed by atoms with E-state index in [1.165, 1.54) is 25.7 Å². The van der Waals surface area contributed by atoms with Gasteiger partial charge in [-0.2, -0.15) is 0 Å². The number of pyridine rings is 1. The minimum absolute atomic E-state index is 0.0376. The van der Waals surface area contributed by atoms with Crippen LogP contribution in [0.5, 0.6) is 0 Å². The maximum absolute atomic E-state index is 12.5. The number of hydrogen-bond acceptors (Lipinski definition) is 4. The summed E-state index contributed by atoms with van der Waals surface area (Å²) in [5.41, 5.74) is 1.26. The number of carbonyl (C=O) groups is 1. The monoisotopic (exact) mass is 482 g/mol. The molecule has 0 spiro atoms. The lowest BCUT2D eigenvalue weighted by molar-refractivity contribution is -0.174. The molecule has 194 valence electrons. The van der Waals surface area contributed by atoms with Crippen LogP contribution in [0.2, 0.25) is 0 Å². The van der Waals surface area contributed by atoms with Crippen LogP contribution in [0.15, 0.2) is 24.5 Å². The molecule has 1 aromatic heterocycles. The van der Waals surface area contributed by atoms with Crippen LogP contribution < -0.4 is 5.32 Å². The molecule has 4 aliphatic rings. The highest BCUT2D eigenvalue weighted by atomic mass is 16.3. The molecule has 5 heteroatoms. The molecule has 10 atom stereocenters. The van der Waals surface area contributed by atoms with Gasteiger partial charge in [0.15, 0.2) is 0 Å². The Kier molecular flexibility index (Phi) is 7.04. The van der Waals surface area contributed by atoms with E-state index in [1.54, 1.807) is 12.4 Å². The van der Waals surface area contributed by atoms with E-state index in [0.717, 1.165) is 37.7 Å². The van der Waals surface area contributed by atoms with Crippen molar-refractivity contribution in [2.75, 3.05) is 0 Å². The fourth-order valence-corrected chi connectivity index (χ4v) is 9.51. The van der Waals surface area contributed by atoms with Gasteiger partial charge in [-0.3, -0.25) is 9.78 Å². The second-order valence-electron chi connectivity index (χ2n) is 13.0. The van der Waals surface area contributed by atoms with Crippen molar-refractivity contribution >= 4 is 5.91 Å². The standard InChI is InChI=1S/C30H46N2O3/c1-19(6-11-28(35)32-18-20-5-4-14-31-17-20)24-9-10-25-23-8-7-21-15-22(33)12-13-29(21,2)26(23)16-27(34)30(24,25)3/h4-5,14,17,19,21-27,33-34H,6-13,15-16,18H2,1-3H3,(H,32,35). The van der Waals surface area contributed by atoms with E-state index in [-0.39, 0.29) is 28.9 Å². The van der Waals surface area contributed by atoms with Gasteiger partial charge in [0.05, 0.1) is 12.2 Å². The predicted molar refractivity (Wildman–Crippen MR) is 137 cm³/mol. The first-order valence-corrected chi connectivity index (χ1v) is 14.2. The Balaban J connectivity index is 1.22. The first-order valence-electron chi connectivity index (χ1n) is 14.2. The Morgan fingerprint density at radius 3 is 2.74 bits per heavy atom. The zero-order valence-corrected chi connectivity index (χ0v) is 22.0. The number of nitrogens with one attached hydrogen (secondary N) is 1. The molecular weight excluding hydrogens is 436 g/mol. The average molecular weight is 483 g/mol. The highest BCUT2D eigenvalue weighted by Gasteiger charge is 2.63. The molecule has 3 N–H and O–H groups in total. The van der Waals surface area contributed by atoms with Crippen LogP contribution in [-0.4, -0.2) is 33.3 Å². The third-order valence-corrected chi connectivity index (χ3v) is 11.5. The Labute approximate surface area is 211 Å². The minimum atomic E-state index is -0.259. The first kappa shape index (κ1) is 25.2. The fourth-order valence-electron chi connectivity index (χ4n) is 9.51. The number of carbonyl (C=O) groups excluding carboxylic acids is 1. The summed E-state index contributed by atoms with van der Waals surface area (Å²) in [6.07, 6.45) is 13.4. The van der Waals surface area contributed by atoms with Crippen molar-refractivity contribution in [1.29, 1.82) is 0 Å². The molecular formula is C30H46N2O3. The van der Waals surface area contributed by atoms with Gasteiger partial charge in [0.2, 0.25) is 5.91 Å². The summed E-state index contributed by atoms with van der Waals surface area (Å²) in [6.45, 7) is 7.71. The Hall–Kier alpha value is -1.46. The third kappa shape index (κ3) is 4.45. The van der Waals surface area contributed by atoms with E-state index in [2.05, 4.69) is 31.1 Å². The molecule has 0 bridgehead atoms. The quantitative estimate of drug-likeness (QED) is 0.527. The van der Waals surface area contributed by atoms with Crippen molar-refractivity contribution in [2.24, 2.45) is 46.3 Å². The predicted octanol–water partition coefficient (Wildman–Crippen LogP) is 5.10. The molecule has 0 aliphatic heterocycles. The van der Waals surface area contributed by atoms with E-state index in [1.807, 2.05) is 12.1 Å². The second kappa shape index (κ2) is 9.78. The van der Waals surface area contributed by atoms with Crippen molar-refractivity contribution in [3.05, 3.63) is 30.1 Å². The van der Waals surface area contributed by atoms with E-state index in [4.69, 9.17) is 0 Å². The summed E-state index contributed by atoms with van der Waals surface area (Å²) >= 11 is 0. The van der Waals surface area contributed by atoms with Crippen molar-refractivity contribution in [3.8, 4) is 0 Å². The molecule has 1 amide bonds. The fraction of sp³-hybridized carbons (Fsp3) is 0.800. The molecule has 0 aromatic carbocycles. The molecule has 5 nitrogen and oxygen atoms in total. The van der Waals surface area contributed by atoms with Gasteiger partial charge in [0, 0.05) is 25.4 Å². The Bertz CT molecular complexity index is 893. The number of rotatable bonds is 6. The maximum Gasteiger partial charge on any atom is 0.220 e. The summed E-state index contributed by atoms with van der Waals surface area (Å²) in [5.74, 6) is 3.52. The normalized spacial score (nSPS) is 43.5.